The fourth-order valence-corrected chi connectivity index (χ4v) is 4.88. The molecular formula is C23H18Cl2N2O2S. The van der Waals surface area contributed by atoms with Gasteiger partial charge in [-0.15, -0.1) is 11.3 Å². The van der Waals surface area contributed by atoms with Gasteiger partial charge in [-0.25, -0.2) is 4.98 Å². The van der Waals surface area contributed by atoms with Gasteiger partial charge in [0, 0.05) is 16.3 Å². The first-order valence-corrected chi connectivity index (χ1v) is 10.8. The number of aryl methyl sites for hydroxylation is 1. The van der Waals surface area contributed by atoms with Crippen molar-refractivity contribution >= 4 is 56.3 Å². The van der Waals surface area contributed by atoms with E-state index in [1.807, 2.05) is 50.2 Å². The molecule has 1 aromatic heterocycles. The first kappa shape index (κ1) is 20.7. The highest BCUT2D eigenvalue weighted by atomic mass is 35.5. The number of aromatic nitrogens is 1. The number of nitrogens with one attached hydrogen (secondary N) is 1. The highest BCUT2D eigenvalue weighted by Gasteiger charge is 2.14. The summed E-state index contributed by atoms with van der Waals surface area (Å²) in [5.41, 5.74) is 4.40. The zero-order valence-electron chi connectivity index (χ0n) is 16.3. The molecule has 3 aromatic carbocycles. The summed E-state index contributed by atoms with van der Waals surface area (Å²) in [6.07, 6.45) is 0. The number of fused-ring (bicyclic) bond motifs is 1. The molecule has 0 spiro atoms. The maximum absolute atomic E-state index is 12.5. The minimum absolute atomic E-state index is 0.160. The topological polar surface area (TPSA) is 51.2 Å². The average Bonchev–Trinajstić information content (AvgIpc) is 3.12. The molecule has 152 valence electrons. The summed E-state index contributed by atoms with van der Waals surface area (Å²) in [5, 5.41) is 4.74. The number of amides is 1. The lowest BCUT2D eigenvalue weighted by atomic mass is 10.1. The first-order chi connectivity index (χ1) is 14.4. The van der Waals surface area contributed by atoms with Crippen LogP contribution >= 0.6 is 34.5 Å². The monoisotopic (exact) mass is 456 g/mol. The largest absolute Gasteiger partial charge is 0.482 e. The molecule has 0 aliphatic heterocycles. The van der Waals surface area contributed by atoms with Crippen LogP contribution < -0.4 is 10.1 Å². The van der Waals surface area contributed by atoms with Crippen LogP contribution in [0.3, 0.4) is 0 Å². The molecule has 0 bridgehead atoms. The van der Waals surface area contributed by atoms with Crippen LogP contribution in [0.1, 0.15) is 11.1 Å². The van der Waals surface area contributed by atoms with E-state index in [1.54, 1.807) is 23.5 Å². The number of nitrogens with zero attached hydrogens (tertiary/aromatic N) is 1. The number of anilines is 1. The summed E-state index contributed by atoms with van der Waals surface area (Å²) in [6, 6.07) is 17.1. The van der Waals surface area contributed by atoms with Crippen molar-refractivity contribution in [2.75, 3.05) is 11.9 Å². The van der Waals surface area contributed by atoms with Crippen molar-refractivity contribution in [3.05, 3.63) is 75.8 Å². The van der Waals surface area contributed by atoms with Gasteiger partial charge >= 0.3 is 0 Å². The van der Waals surface area contributed by atoms with E-state index in [-0.39, 0.29) is 12.5 Å². The molecule has 0 aliphatic carbocycles. The molecule has 4 aromatic rings. The fraction of sp³-hybridized carbons (Fsp3) is 0.130. The van der Waals surface area contributed by atoms with Crippen molar-refractivity contribution in [2.24, 2.45) is 0 Å². The van der Waals surface area contributed by atoms with Crippen LogP contribution in [0.4, 0.5) is 5.69 Å². The predicted molar refractivity (Wildman–Crippen MR) is 125 cm³/mol. The lowest BCUT2D eigenvalue weighted by Crippen LogP contribution is -2.21. The third kappa shape index (κ3) is 4.29. The van der Waals surface area contributed by atoms with Gasteiger partial charge in [0.1, 0.15) is 10.8 Å². The Kier molecular flexibility index (Phi) is 5.95. The summed E-state index contributed by atoms with van der Waals surface area (Å²) in [6.45, 7) is 3.64. The number of thiazole rings is 1. The standard InChI is InChI=1S/C23H18Cl2N2O2S/c1-13-10-15(24)11-17(25)22(13)29-12-21(28)26-18-8-5-6-16(14(18)2)23-27-19-7-3-4-9-20(19)30-23/h3-11H,12H2,1-2H3,(H,26,28). The average molecular weight is 457 g/mol. The highest BCUT2D eigenvalue weighted by Crippen LogP contribution is 2.35. The lowest BCUT2D eigenvalue weighted by molar-refractivity contribution is -0.118. The smallest absolute Gasteiger partial charge is 0.262 e. The number of carbonyl (C=O) groups is 1. The molecule has 30 heavy (non-hydrogen) atoms. The fourth-order valence-electron chi connectivity index (χ4n) is 3.19. The van der Waals surface area contributed by atoms with Crippen LogP contribution in [0.15, 0.2) is 54.6 Å². The van der Waals surface area contributed by atoms with Gasteiger partial charge < -0.3 is 10.1 Å². The Bertz CT molecular complexity index is 1200. The number of carbonyl (C=O) groups excluding carboxylic acids is 1. The SMILES string of the molecule is Cc1cc(Cl)cc(Cl)c1OCC(=O)Nc1cccc(-c2nc3ccccc3s2)c1C. The molecule has 4 rings (SSSR count). The van der Waals surface area contributed by atoms with Crippen LogP contribution in [0.5, 0.6) is 5.75 Å². The number of rotatable bonds is 5. The summed E-state index contributed by atoms with van der Waals surface area (Å²) in [4.78, 5) is 17.2. The van der Waals surface area contributed by atoms with Gasteiger partial charge in [0.15, 0.2) is 6.61 Å². The second kappa shape index (κ2) is 8.64. The Hall–Kier alpha value is -2.60. The van der Waals surface area contributed by atoms with Crippen molar-refractivity contribution in [2.45, 2.75) is 13.8 Å². The van der Waals surface area contributed by atoms with Crippen molar-refractivity contribution in [3.8, 4) is 16.3 Å². The van der Waals surface area contributed by atoms with E-state index in [9.17, 15) is 4.79 Å². The zero-order valence-corrected chi connectivity index (χ0v) is 18.7. The molecule has 0 atom stereocenters. The third-order valence-corrected chi connectivity index (χ3v) is 6.24. The number of hydrogen-bond donors (Lipinski definition) is 1. The van der Waals surface area contributed by atoms with Crippen molar-refractivity contribution in [1.29, 1.82) is 0 Å². The van der Waals surface area contributed by atoms with E-state index in [1.165, 1.54) is 0 Å². The Morgan fingerprint density at radius 1 is 1.10 bits per heavy atom. The number of halogens is 2. The summed E-state index contributed by atoms with van der Waals surface area (Å²) in [7, 11) is 0. The van der Waals surface area contributed by atoms with Gasteiger partial charge in [0.05, 0.1) is 15.2 Å². The van der Waals surface area contributed by atoms with E-state index in [0.717, 1.165) is 37.6 Å². The van der Waals surface area contributed by atoms with E-state index in [2.05, 4.69) is 11.4 Å². The molecule has 0 saturated heterocycles. The summed E-state index contributed by atoms with van der Waals surface area (Å²) in [5.74, 6) is 0.182. The second-order valence-electron chi connectivity index (χ2n) is 6.84. The maximum Gasteiger partial charge on any atom is 0.262 e. The Morgan fingerprint density at radius 3 is 2.67 bits per heavy atom. The van der Waals surface area contributed by atoms with E-state index >= 15 is 0 Å². The summed E-state index contributed by atoms with van der Waals surface area (Å²) >= 11 is 13.8. The van der Waals surface area contributed by atoms with Gasteiger partial charge in [-0.1, -0.05) is 47.5 Å². The van der Waals surface area contributed by atoms with Crippen LogP contribution in [0.2, 0.25) is 10.0 Å². The van der Waals surface area contributed by atoms with Gasteiger partial charge in [-0.3, -0.25) is 4.79 Å². The van der Waals surface area contributed by atoms with Crippen molar-refractivity contribution in [3.63, 3.8) is 0 Å². The first-order valence-electron chi connectivity index (χ1n) is 9.26. The minimum atomic E-state index is -0.273. The van der Waals surface area contributed by atoms with Gasteiger partial charge in [0.25, 0.3) is 5.91 Å². The van der Waals surface area contributed by atoms with Crippen LogP contribution in [0.25, 0.3) is 20.8 Å². The van der Waals surface area contributed by atoms with Gasteiger partial charge in [-0.2, -0.15) is 0 Å². The highest BCUT2D eigenvalue weighted by molar-refractivity contribution is 7.21. The van der Waals surface area contributed by atoms with Gasteiger partial charge in [0.2, 0.25) is 0 Å². The molecule has 1 N–H and O–H groups in total. The van der Waals surface area contributed by atoms with Crippen LogP contribution in [-0.4, -0.2) is 17.5 Å². The number of benzene rings is 3. The molecule has 1 heterocycles. The number of ether oxygens (including phenoxy) is 1. The zero-order chi connectivity index (χ0) is 21.3. The lowest BCUT2D eigenvalue weighted by Gasteiger charge is -2.13. The normalized spacial score (nSPS) is 10.9. The molecule has 7 heteroatoms. The van der Waals surface area contributed by atoms with Crippen molar-refractivity contribution in [1.82, 2.24) is 4.98 Å². The molecule has 4 nitrogen and oxygen atoms in total. The van der Waals surface area contributed by atoms with E-state index < -0.39 is 0 Å². The summed E-state index contributed by atoms with van der Waals surface area (Å²) < 4.78 is 6.77. The van der Waals surface area contributed by atoms with E-state index in [4.69, 9.17) is 32.9 Å². The number of hydrogen-bond acceptors (Lipinski definition) is 4. The molecule has 0 unspecified atom stereocenters. The van der Waals surface area contributed by atoms with E-state index in [0.29, 0.717) is 15.8 Å². The predicted octanol–water partition coefficient (Wildman–Crippen LogP) is 6.90. The van der Waals surface area contributed by atoms with Crippen LogP contribution in [-0.2, 0) is 4.79 Å². The molecule has 0 saturated carbocycles. The Balaban J connectivity index is 1.51. The molecule has 0 fully saturated rings. The number of para-hydroxylation sites is 1. The quantitative estimate of drug-likeness (QED) is 0.355. The molecule has 0 radical (unpaired) electrons. The second-order valence-corrected chi connectivity index (χ2v) is 8.71. The van der Waals surface area contributed by atoms with Crippen LogP contribution in [0, 0.1) is 13.8 Å². The van der Waals surface area contributed by atoms with Gasteiger partial charge in [-0.05, 0) is 55.3 Å². The van der Waals surface area contributed by atoms with Crippen molar-refractivity contribution < 1.29 is 9.53 Å². The molecule has 1 amide bonds. The third-order valence-electron chi connectivity index (χ3n) is 4.67. The minimum Gasteiger partial charge on any atom is -0.482 e. The Morgan fingerprint density at radius 2 is 1.90 bits per heavy atom. The maximum atomic E-state index is 12.5. The molecule has 0 aliphatic rings. The Labute approximate surface area is 188 Å². The molecular weight excluding hydrogens is 439 g/mol.